The number of aliphatic carboxylic acids is 2. The zero-order chi connectivity index (χ0) is 44.9. The van der Waals surface area contributed by atoms with Crippen LogP contribution < -0.4 is 54.8 Å². The number of aliphatic hydroxyl groups is 1. The summed E-state index contributed by atoms with van der Waals surface area (Å²) >= 11 is 0. The quantitative estimate of drug-likeness (QED) is 0.0238. The molecule has 328 valence electrons. The van der Waals surface area contributed by atoms with Gasteiger partial charge in [0.15, 0.2) is 5.96 Å². The van der Waals surface area contributed by atoms with Crippen molar-refractivity contribution in [3.63, 3.8) is 0 Å². The molecule has 0 unspecified atom stereocenters. The number of carboxylic acids is 2. The van der Waals surface area contributed by atoms with E-state index >= 15 is 0 Å². The molecule has 0 bridgehead atoms. The highest BCUT2D eigenvalue weighted by Gasteiger charge is 2.33. The number of phenols is 1. The Kier molecular flexibility index (Phi) is 19.9. The number of carbonyl (C=O) groups is 9. The molecule has 1 aromatic heterocycles. The fourth-order valence-corrected chi connectivity index (χ4v) is 5.19. The summed E-state index contributed by atoms with van der Waals surface area (Å²) in [4.78, 5) is 124. The van der Waals surface area contributed by atoms with E-state index in [2.05, 4.69) is 46.9 Å². The van der Waals surface area contributed by atoms with Gasteiger partial charge in [0.1, 0.15) is 36.0 Å². The van der Waals surface area contributed by atoms with Crippen molar-refractivity contribution in [3.05, 3.63) is 48.0 Å². The number of hydrogen-bond donors (Lipinski definition) is 15. The van der Waals surface area contributed by atoms with Crippen LogP contribution in [0.1, 0.15) is 36.9 Å². The third-order valence-electron chi connectivity index (χ3n) is 8.21. The number of H-pyrrole nitrogens is 1. The van der Waals surface area contributed by atoms with Crippen LogP contribution in [0.4, 0.5) is 0 Å². The number of aromatic amines is 1. The maximum atomic E-state index is 13.9. The predicted molar refractivity (Wildman–Crippen MR) is 205 cm³/mol. The maximum Gasteiger partial charge on any atom is 0.326 e. The Bertz CT molecular complexity index is 1850. The van der Waals surface area contributed by atoms with Crippen molar-refractivity contribution in [3.8, 4) is 5.75 Å². The van der Waals surface area contributed by atoms with Crippen LogP contribution in [-0.2, 0) is 56.0 Å². The second-order valence-electron chi connectivity index (χ2n) is 13.1. The molecule has 0 fully saturated rings. The number of nitrogens with two attached hydrogens (primary N) is 4. The van der Waals surface area contributed by atoms with Gasteiger partial charge < -0.3 is 80.2 Å². The molecule has 0 spiro atoms. The normalized spacial score (nSPS) is 13.7. The highest BCUT2D eigenvalue weighted by Crippen LogP contribution is 2.13. The first-order valence-corrected chi connectivity index (χ1v) is 18.0. The van der Waals surface area contributed by atoms with Crippen LogP contribution in [0.5, 0.6) is 5.75 Å². The Morgan fingerprint density at radius 2 is 1.30 bits per heavy atom. The molecule has 0 radical (unpaired) electrons. The second kappa shape index (κ2) is 24.4. The summed E-state index contributed by atoms with van der Waals surface area (Å²) in [5.41, 5.74) is 22.0. The zero-order valence-corrected chi connectivity index (χ0v) is 32.0. The molecule has 2 aromatic rings. The van der Waals surface area contributed by atoms with Gasteiger partial charge in [0.2, 0.25) is 41.4 Å². The lowest BCUT2D eigenvalue weighted by Crippen LogP contribution is -2.60. The molecule has 26 nitrogen and oxygen atoms in total. The average molecular weight is 848 g/mol. The summed E-state index contributed by atoms with van der Waals surface area (Å²) in [6.45, 7) is -1.74. The number of carbonyl (C=O) groups excluding carboxylic acids is 7. The van der Waals surface area contributed by atoms with Gasteiger partial charge in [-0.25, -0.2) is 9.78 Å². The third-order valence-corrected chi connectivity index (χ3v) is 8.21. The number of hydrogen-bond acceptors (Lipinski definition) is 14. The van der Waals surface area contributed by atoms with Crippen LogP contribution in [0.3, 0.4) is 0 Å². The third kappa shape index (κ3) is 17.8. The number of imidazole rings is 1. The number of amides is 7. The predicted octanol–water partition coefficient (Wildman–Crippen LogP) is -6.75. The fourth-order valence-electron chi connectivity index (χ4n) is 5.19. The largest absolute Gasteiger partial charge is 0.508 e. The Hall–Kier alpha value is -7.35. The summed E-state index contributed by atoms with van der Waals surface area (Å²) in [5.74, 6) is -10.5. The van der Waals surface area contributed by atoms with E-state index < -0.39 is 116 Å². The van der Waals surface area contributed by atoms with Gasteiger partial charge in [-0.2, -0.15) is 0 Å². The van der Waals surface area contributed by atoms with Gasteiger partial charge in [0, 0.05) is 31.3 Å². The SMILES string of the molecule is NC(=O)C[C@H](N)C(=O)NCC(=O)N[C@@H](CO)C(=O)N[C@@H](Cc1cnc[nH]1)C(=O)N[C@@H](CCCN=C(N)N)C(=O)N[C@@H](Cc1ccc(O)cc1)C(=O)N[C@@H](CC(=O)O)C(=O)O. The molecule has 0 saturated carbocycles. The molecule has 26 heteroatoms. The Labute approximate surface area is 340 Å². The minimum Gasteiger partial charge on any atom is -0.508 e. The monoisotopic (exact) mass is 847 g/mol. The molecule has 1 heterocycles. The van der Waals surface area contributed by atoms with E-state index in [4.69, 9.17) is 28.0 Å². The average Bonchev–Trinajstić information content (AvgIpc) is 3.69. The summed E-state index contributed by atoms with van der Waals surface area (Å²) in [6, 6.07) is -4.17. The molecule has 6 atom stereocenters. The topological polar surface area (TPSA) is 452 Å². The number of aromatic nitrogens is 2. The van der Waals surface area contributed by atoms with E-state index in [1.807, 2.05) is 0 Å². The molecule has 0 aliphatic heterocycles. The zero-order valence-electron chi connectivity index (χ0n) is 32.0. The number of carboxylic acid groups (broad SMARTS) is 2. The van der Waals surface area contributed by atoms with Gasteiger partial charge in [-0.1, -0.05) is 12.1 Å². The summed E-state index contributed by atoms with van der Waals surface area (Å²) in [6.07, 6.45) is 0.373. The van der Waals surface area contributed by atoms with Gasteiger partial charge in [-0.15, -0.1) is 0 Å². The molecule has 2 rings (SSSR count). The molecular formula is C34H49N13O13. The van der Waals surface area contributed by atoms with Crippen LogP contribution in [0.15, 0.2) is 41.8 Å². The first-order chi connectivity index (χ1) is 28.3. The number of primary amides is 1. The number of nitrogens with zero attached hydrogens (tertiary/aromatic N) is 2. The minimum absolute atomic E-state index is 0.0292. The minimum atomic E-state index is -1.89. The van der Waals surface area contributed by atoms with Gasteiger partial charge in [0.05, 0.1) is 38.4 Å². The molecule has 7 amide bonds. The number of nitrogens with one attached hydrogen (secondary N) is 7. The van der Waals surface area contributed by atoms with E-state index in [-0.39, 0.29) is 43.9 Å². The number of phenolic OH excluding ortho intramolecular Hbond substituents is 1. The van der Waals surface area contributed by atoms with Crippen molar-refractivity contribution in [2.45, 2.75) is 74.8 Å². The van der Waals surface area contributed by atoms with Crippen molar-refractivity contribution in [2.75, 3.05) is 19.7 Å². The van der Waals surface area contributed by atoms with E-state index in [0.717, 1.165) is 0 Å². The van der Waals surface area contributed by atoms with Gasteiger partial charge in [-0.05, 0) is 30.5 Å². The number of aliphatic imine (C=N–C) groups is 1. The molecule has 0 aliphatic carbocycles. The number of benzene rings is 1. The highest BCUT2D eigenvalue weighted by atomic mass is 16.4. The first-order valence-electron chi connectivity index (χ1n) is 18.0. The lowest BCUT2D eigenvalue weighted by molar-refractivity contribution is -0.147. The number of rotatable bonds is 26. The Morgan fingerprint density at radius 3 is 1.83 bits per heavy atom. The second-order valence-corrected chi connectivity index (χ2v) is 13.1. The maximum absolute atomic E-state index is 13.9. The fraction of sp³-hybridized carbons (Fsp3) is 0.441. The van der Waals surface area contributed by atoms with Crippen molar-refractivity contribution in [1.29, 1.82) is 0 Å². The molecular weight excluding hydrogens is 798 g/mol. The molecule has 60 heavy (non-hydrogen) atoms. The molecule has 0 saturated heterocycles. The number of aliphatic hydroxyl groups excluding tert-OH is 1. The number of guanidine groups is 1. The summed E-state index contributed by atoms with van der Waals surface area (Å²) in [7, 11) is 0. The lowest BCUT2D eigenvalue weighted by atomic mass is 10.0. The summed E-state index contributed by atoms with van der Waals surface area (Å²) in [5, 5.41) is 52.0. The van der Waals surface area contributed by atoms with Gasteiger partial charge >= 0.3 is 11.9 Å². The Morgan fingerprint density at radius 1 is 0.733 bits per heavy atom. The van der Waals surface area contributed by atoms with Crippen LogP contribution >= 0.6 is 0 Å². The first kappa shape index (κ1) is 48.8. The molecule has 0 aliphatic rings. The van der Waals surface area contributed by atoms with E-state index in [1.165, 1.54) is 36.8 Å². The number of aromatic hydroxyl groups is 1. The molecule has 1 aromatic carbocycles. The van der Waals surface area contributed by atoms with Crippen molar-refractivity contribution < 1.29 is 63.6 Å². The lowest BCUT2D eigenvalue weighted by Gasteiger charge is -2.26. The molecule has 19 N–H and O–H groups in total. The van der Waals surface area contributed by atoms with Crippen LogP contribution in [0.25, 0.3) is 0 Å². The van der Waals surface area contributed by atoms with Crippen LogP contribution in [-0.4, -0.2) is 146 Å². The van der Waals surface area contributed by atoms with Crippen LogP contribution in [0.2, 0.25) is 0 Å². The summed E-state index contributed by atoms with van der Waals surface area (Å²) < 4.78 is 0. The van der Waals surface area contributed by atoms with E-state index in [0.29, 0.717) is 11.3 Å². The standard InChI is InChI=1S/C34H49N13O13/c35-19(10-25(36)50)28(54)41-13-26(51)43-24(14-48)32(58)46-22(9-17-12-39-15-42-17)31(57)44-20(2-1-7-40-34(37)38)29(55)45-21(8-16-3-5-18(49)6-4-16)30(56)47-23(33(59)60)11-27(52)53/h3-6,12,15,19-24,48-49H,1-2,7-11,13-14,35H2,(H2,36,50)(H,39,42)(H,41,54)(H,43,51)(H,44,57)(H,45,55)(H,46,58)(H,47,56)(H,52,53)(H,59,60)(H4,37,38,40)/t19-,20-,21-,22-,23-,24-/m0/s1. The highest BCUT2D eigenvalue weighted by molar-refractivity contribution is 5.97. The van der Waals surface area contributed by atoms with E-state index in [9.17, 15) is 58.5 Å². The van der Waals surface area contributed by atoms with Crippen molar-refractivity contribution in [2.24, 2.45) is 27.9 Å². The van der Waals surface area contributed by atoms with Crippen LogP contribution in [0, 0.1) is 0 Å². The van der Waals surface area contributed by atoms with Crippen molar-refractivity contribution in [1.82, 2.24) is 41.9 Å². The van der Waals surface area contributed by atoms with Gasteiger partial charge in [-0.3, -0.25) is 43.3 Å². The van der Waals surface area contributed by atoms with Crippen molar-refractivity contribution >= 4 is 59.2 Å². The van der Waals surface area contributed by atoms with Gasteiger partial charge in [0.25, 0.3) is 0 Å². The Balaban J connectivity index is 2.37. The van der Waals surface area contributed by atoms with E-state index in [1.54, 1.807) is 0 Å². The smallest absolute Gasteiger partial charge is 0.326 e.